The smallest absolute Gasteiger partial charge is 0.311 e. The zero-order valence-corrected chi connectivity index (χ0v) is 19.2. The SMILES string of the molecule is COc1ccccc1N1C[C@@H](C(=O)OCC(=O)NC(=O)c2ccc(C(C)(C)C)cc2)CC1=O. The van der Waals surface area contributed by atoms with Gasteiger partial charge in [0.2, 0.25) is 5.91 Å². The molecule has 2 aromatic carbocycles. The molecule has 0 unspecified atom stereocenters. The highest BCUT2D eigenvalue weighted by Crippen LogP contribution is 2.33. The van der Waals surface area contributed by atoms with Crippen molar-refractivity contribution in [2.45, 2.75) is 32.6 Å². The first kappa shape index (κ1) is 24.0. The van der Waals surface area contributed by atoms with Gasteiger partial charge in [0.1, 0.15) is 5.75 Å². The molecule has 1 heterocycles. The van der Waals surface area contributed by atoms with Crippen molar-refractivity contribution >= 4 is 29.4 Å². The highest BCUT2D eigenvalue weighted by atomic mass is 16.5. The van der Waals surface area contributed by atoms with E-state index in [9.17, 15) is 19.2 Å². The minimum absolute atomic E-state index is 0.0302. The maximum absolute atomic E-state index is 12.4. The summed E-state index contributed by atoms with van der Waals surface area (Å²) in [6, 6.07) is 14.0. The van der Waals surface area contributed by atoms with Gasteiger partial charge in [-0.2, -0.15) is 0 Å². The van der Waals surface area contributed by atoms with Crippen LogP contribution in [0, 0.1) is 5.92 Å². The summed E-state index contributed by atoms with van der Waals surface area (Å²) in [5.41, 5.74) is 1.91. The number of ether oxygens (including phenoxy) is 2. The molecule has 3 amide bonds. The van der Waals surface area contributed by atoms with Crippen LogP contribution in [0.4, 0.5) is 5.69 Å². The molecule has 1 aliphatic heterocycles. The fraction of sp³-hybridized carbons (Fsp3) is 0.360. The summed E-state index contributed by atoms with van der Waals surface area (Å²) >= 11 is 0. The van der Waals surface area contributed by atoms with Crippen LogP contribution in [-0.4, -0.2) is 44.0 Å². The van der Waals surface area contributed by atoms with Gasteiger partial charge in [0.05, 0.1) is 18.7 Å². The van der Waals surface area contributed by atoms with Gasteiger partial charge in [-0.25, -0.2) is 0 Å². The third-order valence-electron chi connectivity index (χ3n) is 5.45. The number of nitrogens with one attached hydrogen (secondary N) is 1. The van der Waals surface area contributed by atoms with E-state index in [1.165, 1.54) is 12.0 Å². The molecule has 2 aromatic rings. The lowest BCUT2D eigenvalue weighted by atomic mass is 9.87. The van der Waals surface area contributed by atoms with Crippen LogP contribution in [-0.2, 0) is 24.5 Å². The highest BCUT2D eigenvalue weighted by Gasteiger charge is 2.37. The number of carbonyl (C=O) groups excluding carboxylic acids is 4. The second-order valence-corrected chi connectivity index (χ2v) is 8.89. The summed E-state index contributed by atoms with van der Waals surface area (Å²) in [6.07, 6.45) is -0.0302. The van der Waals surface area contributed by atoms with Gasteiger partial charge in [-0.15, -0.1) is 0 Å². The maximum atomic E-state index is 12.4. The maximum Gasteiger partial charge on any atom is 0.311 e. The van der Waals surface area contributed by atoms with E-state index in [2.05, 4.69) is 26.1 Å². The Kier molecular flexibility index (Phi) is 7.16. The number of benzene rings is 2. The lowest BCUT2D eigenvalue weighted by Gasteiger charge is -2.19. The molecule has 0 bridgehead atoms. The van der Waals surface area contributed by atoms with Gasteiger partial charge in [-0.05, 0) is 35.2 Å². The van der Waals surface area contributed by atoms with Crippen molar-refractivity contribution in [3.63, 3.8) is 0 Å². The number of hydrogen-bond acceptors (Lipinski definition) is 6. The highest BCUT2D eigenvalue weighted by molar-refractivity contribution is 6.05. The van der Waals surface area contributed by atoms with Crippen LogP contribution in [0.3, 0.4) is 0 Å². The van der Waals surface area contributed by atoms with Crippen molar-refractivity contribution in [2.24, 2.45) is 5.92 Å². The van der Waals surface area contributed by atoms with Crippen molar-refractivity contribution in [3.05, 3.63) is 59.7 Å². The van der Waals surface area contributed by atoms with E-state index in [1.807, 2.05) is 12.1 Å². The number of amides is 3. The van der Waals surface area contributed by atoms with Crippen LogP contribution >= 0.6 is 0 Å². The number of carbonyl (C=O) groups is 4. The molecule has 1 saturated heterocycles. The minimum Gasteiger partial charge on any atom is -0.495 e. The molecule has 0 saturated carbocycles. The van der Waals surface area contributed by atoms with E-state index >= 15 is 0 Å². The van der Waals surface area contributed by atoms with Gasteiger partial charge < -0.3 is 14.4 Å². The second kappa shape index (κ2) is 9.85. The molecule has 3 rings (SSSR count). The standard InChI is InChI=1S/C25H28N2O6/c1-25(2,3)18-11-9-16(10-12-18)23(30)26-21(28)15-33-24(31)17-13-22(29)27(14-17)19-7-5-6-8-20(19)32-4/h5-12,17H,13-15H2,1-4H3,(H,26,28,30)/t17-/m0/s1. The molecule has 1 N–H and O–H groups in total. The van der Waals surface area contributed by atoms with E-state index in [-0.39, 0.29) is 24.3 Å². The van der Waals surface area contributed by atoms with Gasteiger partial charge in [0, 0.05) is 18.5 Å². The molecule has 174 valence electrons. The lowest BCUT2D eigenvalue weighted by Crippen LogP contribution is -2.35. The second-order valence-electron chi connectivity index (χ2n) is 8.89. The average molecular weight is 453 g/mol. The summed E-state index contributed by atoms with van der Waals surface area (Å²) in [6.45, 7) is 5.71. The van der Waals surface area contributed by atoms with Gasteiger partial charge >= 0.3 is 5.97 Å². The predicted molar refractivity (Wildman–Crippen MR) is 122 cm³/mol. The summed E-state index contributed by atoms with van der Waals surface area (Å²) in [7, 11) is 1.50. The van der Waals surface area contributed by atoms with E-state index in [0.717, 1.165) is 5.56 Å². The topological polar surface area (TPSA) is 102 Å². The Bertz CT molecular complexity index is 1060. The molecule has 0 spiro atoms. The number of esters is 1. The zero-order chi connectivity index (χ0) is 24.2. The van der Waals surface area contributed by atoms with Gasteiger partial charge in [0.25, 0.3) is 11.8 Å². The molecule has 1 atom stereocenters. The average Bonchev–Trinajstić information content (AvgIpc) is 3.18. The molecular weight excluding hydrogens is 424 g/mol. The first-order chi connectivity index (χ1) is 15.6. The normalized spacial score (nSPS) is 15.8. The monoisotopic (exact) mass is 452 g/mol. The van der Waals surface area contributed by atoms with Crippen molar-refractivity contribution < 1.29 is 28.7 Å². The number of imide groups is 1. The molecule has 0 aliphatic carbocycles. The van der Waals surface area contributed by atoms with Gasteiger partial charge in [-0.1, -0.05) is 45.0 Å². The Morgan fingerprint density at radius 2 is 1.73 bits per heavy atom. The fourth-order valence-corrected chi connectivity index (χ4v) is 3.56. The number of nitrogens with zero attached hydrogens (tertiary/aromatic N) is 1. The fourth-order valence-electron chi connectivity index (χ4n) is 3.56. The van der Waals surface area contributed by atoms with Gasteiger partial charge in [-0.3, -0.25) is 24.5 Å². The van der Waals surface area contributed by atoms with Crippen LogP contribution in [0.15, 0.2) is 48.5 Å². The molecular formula is C25H28N2O6. The Morgan fingerprint density at radius 1 is 1.06 bits per heavy atom. The summed E-state index contributed by atoms with van der Waals surface area (Å²) < 4.78 is 10.3. The van der Waals surface area contributed by atoms with E-state index in [0.29, 0.717) is 17.0 Å². The molecule has 1 aliphatic rings. The zero-order valence-electron chi connectivity index (χ0n) is 19.2. The Labute approximate surface area is 192 Å². The molecule has 1 fully saturated rings. The Balaban J connectivity index is 1.52. The number of para-hydroxylation sites is 2. The van der Waals surface area contributed by atoms with Crippen molar-refractivity contribution in [1.82, 2.24) is 5.32 Å². The van der Waals surface area contributed by atoms with Crippen LogP contribution in [0.1, 0.15) is 43.1 Å². The summed E-state index contributed by atoms with van der Waals surface area (Å²) in [5.74, 6) is -2.41. The molecule has 0 aromatic heterocycles. The molecule has 8 nitrogen and oxygen atoms in total. The third kappa shape index (κ3) is 5.77. The lowest BCUT2D eigenvalue weighted by molar-refractivity contribution is -0.152. The number of methoxy groups -OCH3 is 1. The number of anilines is 1. The molecule has 0 radical (unpaired) electrons. The number of hydrogen-bond donors (Lipinski definition) is 1. The number of rotatable bonds is 6. The van der Waals surface area contributed by atoms with E-state index in [4.69, 9.17) is 9.47 Å². The van der Waals surface area contributed by atoms with Crippen molar-refractivity contribution in [3.8, 4) is 5.75 Å². The Hall–Kier alpha value is -3.68. The van der Waals surface area contributed by atoms with Crippen LogP contribution in [0.2, 0.25) is 0 Å². The third-order valence-corrected chi connectivity index (χ3v) is 5.45. The summed E-state index contributed by atoms with van der Waals surface area (Å²) in [4.78, 5) is 50.7. The van der Waals surface area contributed by atoms with E-state index in [1.54, 1.807) is 36.4 Å². The van der Waals surface area contributed by atoms with Crippen LogP contribution in [0.5, 0.6) is 5.75 Å². The van der Waals surface area contributed by atoms with Crippen molar-refractivity contribution in [1.29, 1.82) is 0 Å². The van der Waals surface area contributed by atoms with Crippen LogP contribution in [0.25, 0.3) is 0 Å². The first-order valence-corrected chi connectivity index (χ1v) is 10.6. The van der Waals surface area contributed by atoms with Gasteiger partial charge in [0.15, 0.2) is 6.61 Å². The Morgan fingerprint density at radius 3 is 2.36 bits per heavy atom. The predicted octanol–water partition coefficient (Wildman–Crippen LogP) is 2.85. The van der Waals surface area contributed by atoms with Crippen molar-refractivity contribution in [2.75, 3.05) is 25.2 Å². The largest absolute Gasteiger partial charge is 0.495 e. The summed E-state index contributed by atoms with van der Waals surface area (Å²) in [5, 5.41) is 2.21. The quantitative estimate of drug-likeness (QED) is 0.677. The first-order valence-electron chi connectivity index (χ1n) is 10.6. The molecule has 33 heavy (non-hydrogen) atoms. The van der Waals surface area contributed by atoms with E-state index < -0.39 is 30.3 Å². The minimum atomic E-state index is -0.737. The van der Waals surface area contributed by atoms with Crippen LogP contribution < -0.4 is 15.0 Å². The molecule has 8 heteroatoms.